The average Bonchev–Trinajstić information content (AvgIpc) is 2.91. The molecule has 0 saturated carbocycles. The lowest BCUT2D eigenvalue weighted by molar-refractivity contribution is -0.127. The first-order chi connectivity index (χ1) is 16.7. The summed E-state index contributed by atoms with van der Waals surface area (Å²) in [5, 5.41) is 4.81. The van der Waals surface area contributed by atoms with Crippen molar-refractivity contribution in [2.75, 3.05) is 30.0 Å². The zero-order chi connectivity index (χ0) is 25.2. The van der Waals surface area contributed by atoms with Crippen molar-refractivity contribution in [1.82, 2.24) is 0 Å². The maximum Gasteiger partial charge on any atom is 0.260 e. The van der Waals surface area contributed by atoms with Crippen LogP contribution in [0.5, 0.6) is 11.5 Å². The number of nitrogens with one attached hydrogen (secondary N) is 1. The molecule has 0 bridgehead atoms. The molecular formula is C29H34N2O4. The Hall–Kier alpha value is -3.54. The van der Waals surface area contributed by atoms with Gasteiger partial charge < -0.3 is 19.7 Å². The molecule has 1 aliphatic rings. The fraction of sp³-hybridized carbons (Fsp3) is 0.379. The Morgan fingerprint density at radius 2 is 1.91 bits per heavy atom. The monoisotopic (exact) mass is 474 g/mol. The summed E-state index contributed by atoms with van der Waals surface area (Å²) in [7, 11) is 0. The molecule has 6 nitrogen and oxygen atoms in total. The minimum Gasteiger partial charge on any atom is -0.493 e. The Morgan fingerprint density at radius 1 is 1.14 bits per heavy atom. The molecular weight excluding hydrogens is 440 g/mol. The van der Waals surface area contributed by atoms with Crippen molar-refractivity contribution >= 4 is 34.0 Å². The zero-order valence-corrected chi connectivity index (χ0v) is 21.2. The van der Waals surface area contributed by atoms with Crippen LogP contribution in [0.2, 0.25) is 0 Å². The third-order valence-electron chi connectivity index (χ3n) is 6.27. The molecule has 0 spiro atoms. The minimum atomic E-state index is -0.644. The number of hydrogen-bond donors (Lipinski definition) is 1. The molecule has 35 heavy (non-hydrogen) atoms. The number of fused-ring (bicyclic) bond motifs is 2. The standard InChI is InChI=1S/C29H34N2O4/c1-6-34-25-13-11-20-9-7-8-10-22(20)26(25)27(32)30-21-12-14-24-23(17-21)31(16-15-19(2)3)28(33)29(4,5)18-35-24/h7-14,17,19H,6,15-16,18H2,1-5H3,(H,30,32). The second kappa shape index (κ2) is 9.98. The van der Waals surface area contributed by atoms with E-state index in [1.165, 1.54) is 0 Å². The SMILES string of the molecule is CCOc1ccc2ccccc2c1C(=O)Nc1ccc2c(c1)N(CCC(C)C)C(=O)C(C)(C)CO2. The summed E-state index contributed by atoms with van der Waals surface area (Å²) in [4.78, 5) is 28.7. The molecule has 3 aromatic rings. The molecule has 0 saturated heterocycles. The summed E-state index contributed by atoms with van der Waals surface area (Å²) in [5.41, 5.74) is 1.12. The highest BCUT2D eigenvalue weighted by Crippen LogP contribution is 2.39. The molecule has 6 heteroatoms. The van der Waals surface area contributed by atoms with E-state index in [2.05, 4.69) is 19.2 Å². The van der Waals surface area contributed by atoms with E-state index in [0.29, 0.717) is 54.1 Å². The zero-order valence-electron chi connectivity index (χ0n) is 21.2. The van der Waals surface area contributed by atoms with E-state index in [9.17, 15) is 9.59 Å². The Morgan fingerprint density at radius 3 is 2.66 bits per heavy atom. The van der Waals surface area contributed by atoms with Crippen LogP contribution in [-0.2, 0) is 4.79 Å². The molecule has 184 valence electrons. The summed E-state index contributed by atoms with van der Waals surface area (Å²) < 4.78 is 11.8. The first-order valence-corrected chi connectivity index (χ1v) is 12.3. The lowest BCUT2D eigenvalue weighted by atomic mass is 9.92. The van der Waals surface area contributed by atoms with Crippen LogP contribution in [-0.4, -0.2) is 31.6 Å². The Labute approximate surface area is 207 Å². The van der Waals surface area contributed by atoms with Gasteiger partial charge in [-0.2, -0.15) is 0 Å². The Balaban J connectivity index is 1.71. The number of hydrogen-bond acceptors (Lipinski definition) is 4. The van der Waals surface area contributed by atoms with Gasteiger partial charge in [0, 0.05) is 12.2 Å². The maximum atomic E-state index is 13.5. The first-order valence-electron chi connectivity index (χ1n) is 12.3. The van der Waals surface area contributed by atoms with Crippen LogP contribution in [0.25, 0.3) is 10.8 Å². The highest BCUT2D eigenvalue weighted by molar-refractivity contribution is 6.15. The molecule has 3 aromatic carbocycles. The van der Waals surface area contributed by atoms with Gasteiger partial charge in [0.25, 0.3) is 5.91 Å². The van der Waals surface area contributed by atoms with Gasteiger partial charge >= 0.3 is 0 Å². The van der Waals surface area contributed by atoms with E-state index in [1.807, 2.05) is 80.3 Å². The van der Waals surface area contributed by atoms with E-state index in [-0.39, 0.29) is 11.8 Å². The first kappa shape index (κ1) is 24.6. The highest BCUT2D eigenvalue weighted by atomic mass is 16.5. The van der Waals surface area contributed by atoms with Crippen molar-refractivity contribution in [3.63, 3.8) is 0 Å². The summed E-state index contributed by atoms with van der Waals surface area (Å²) in [6.07, 6.45) is 0.867. The number of anilines is 2. The predicted octanol–water partition coefficient (Wildman–Crippen LogP) is 6.29. The van der Waals surface area contributed by atoms with E-state index in [1.54, 1.807) is 0 Å². The molecule has 0 fully saturated rings. The van der Waals surface area contributed by atoms with E-state index < -0.39 is 5.41 Å². The molecule has 1 aliphatic heterocycles. The van der Waals surface area contributed by atoms with Crippen molar-refractivity contribution in [2.24, 2.45) is 11.3 Å². The van der Waals surface area contributed by atoms with Crippen LogP contribution in [0.3, 0.4) is 0 Å². The molecule has 2 amide bonds. The number of ether oxygens (including phenoxy) is 2. The van der Waals surface area contributed by atoms with E-state index in [0.717, 1.165) is 17.2 Å². The van der Waals surface area contributed by atoms with Gasteiger partial charge in [0.1, 0.15) is 18.1 Å². The van der Waals surface area contributed by atoms with Gasteiger partial charge in [0.05, 0.1) is 23.3 Å². The van der Waals surface area contributed by atoms with Crippen molar-refractivity contribution in [3.05, 3.63) is 60.2 Å². The second-order valence-electron chi connectivity index (χ2n) is 10.0. The fourth-order valence-electron chi connectivity index (χ4n) is 4.29. The number of nitrogens with zero attached hydrogens (tertiary/aromatic N) is 1. The number of carbonyl (C=O) groups is 2. The van der Waals surface area contributed by atoms with Gasteiger partial charge in [-0.05, 0) is 68.1 Å². The summed E-state index contributed by atoms with van der Waals surface area (Å²) in [6.45, 7) is 11.3. The molecule has 1 N–H and O–H groups in total. The normalized spacial score (nSPS) is 14.9. The lowest BCUT2D eigenvalue weighted by Gasteiger charge is -2.28. The molecule has 0 radical (unpaired) electrons. The third kappa shape index (κ3) is 5.11. The summed E-state index contributed by atoms with van der Waals surface area (Å²) >= 11 is 0. The number of rotatable bonds is 7. The van der Waals surface area contributed by atoms with Crippen LogP contribution in [0.15, 0.2) is 54.6 Å². The van der Waals surface area contributed by atoms with Crippen molar-refractivity contribution in [3.8, 4) is 11.5 Å². The van der Waals surface area contributed by atoms with Gasteiger partial charge in [0.2, 0.25) is 5.91 Å². The van der Waals surface area contributed by atoms with Crippen LogP contribution in [0.1, 0.15) is 51.4 Å². The van der Waals surface area contributed by atoms with Crippen molar-refractivity contribution < 1.29 is 19.1 Å². The highest BCUT2D eigenvalue weighted by Gasteiger charge is 2.37. The van der Waals surface area contributed by atoms with E-state index in [4.69, 9.17) is 9.47 Å². The molecule has 0 aromatic heterocycles. The van der Waals surface area contributed by atoms with Crippen LogP contribution >= 0.6 is 0 Å². The van der Waals surface area contributed by atoms with Crippen LogP contribution in [0, 0.1) is 11.3 Å². The van der Waals surface area contributed by atoms with Gasteiger partial charge in [-0.3, -0.25) is 9.59 Å². The quantitative estimate of drug-likeness (QED) is 0.437. The Kier molecular flexibility index (Phi) is 7.01. The summed E-state index contributed by atoms with van der Waals surface area (Å²) in [5.74, 6) is 1.39. The van der Waals surface area contributed by atoms with Gasteiger partial charge in [-0.25, -0.2) is 0 Å². The average molecular weight is 475 g/mol. The smallest absolute Gasteiger partial charge is 0.260 e. The predicted molar refractivity (Wildman–Crippen MR) is 141 cm³/mol. The second-order valence-corrected chi connectivity index (χ2v) is 10.0. The van der Waals surface area contributed by atoms with Crippen molar-refractivity contribution in [2.45, 2.75) is 41.0 Å². The van der Waals surface area contributed by atoms with Crippen LogP contribution in [0.4, 0.5) is 11.4 Å². The summed E-state index contributed by atoms with van der Waals surface area (Å²) in [6, 6.07) is 17.0. The molecule has 0 unspecified atom stereocenters. The maximum absolute atomic E-state index is 13.5. The molecule has 4 rings (SSSR count). The van der Waals surface area contributed by atoms with E-state index >= 15 is 0 Å². The number of benzene rings is 3. The van der Waals surface area contributed by atoms with Gasteiger partial charge in [0.15, 0.2) is 0 Å². The molecule has 0 aliphatic carbocycles. The molecule has 0 atom stereocenters. The molecule has 1 heterocycles. The lowest BCUT2D eigenvalue weighted by Crippen LogP contribution is -2.42. The number of amides is 2. The fourth-order valence-corrected chi connectivity index (χ4v) is 4.29. The largest absolute Gasteiger partial charge is 0.493 e. The Bertz CT molecular complexity index is 1250. The van der Waals surface area contributed by atoms with Gasteiger partial charge in [-0.1, -0.05) is 44.2 Å². The van der Waals surface area contributed by atoms with Gasteiger partial charge in [-0.15, -0.1) is 0 Å². The number of carbonyl (C=O) groups excluding carboxylic acids is 2. The van der Waals surface area contributed by atoms with Crippen molar-refractivity contribution in [1.29, 1.82) is 0 Å². The topological polar surface area (TPSA) is 67.9 Å². The third-order valence-corrected chi connectivity index (χ3v) is 6.27. The minimum absolute atomic E-state index is 0.0214. The van der Waals surface area contributed by atoms with Crippen LogP contribution < -0.4 is 19.7 Å².